The van der Waals surface area contributed by atoms with Crippen LogP contribution in [0.15, 0.2) is 27.5 Å². The Morgan fingerprint density at radius 1 is 1.28 bits per heavy atom. The zero-order valence-electron chi connectivity index (χ0n) is 17.0. The third-order valence-corrected chi connectivity index (χ3v) is 7.59. The first-order valence-corrected chi connectivity index (χ1v) is 11.7. The SMILES string of the molecule is CC#CCn1c(N2CCCCC2)nc2nc(SC(C)c3cccs3)n(C)c(=O)c21. The summed E-state index contributed by atoms with van der Waals surface area (Å²) in [7, 11) is 1.79. The first kappa shape index (κ1) is 20.0. The molecule has 3 aromatic heterocycles. The molecule has 6 nitrogen and oxygen atoms in total. The van der Waals surface area contributed by atoms with Gasteiger partial charge in [-0.3, -0.25) is 13.9 Å². The molecule has 8 heteroatoms. The second-order valence-electron chi connectivity index (χ2n) is 7.18. The van der Waals surface area contributed by atoms with E-state index >= 15 is 0 Å². The van der Waals surface area contributed by atoms with Crippen LogP contribution in [0, 0.1) is 11.8 Å². The first-order valence-electron chi connectivity index (χ1n) is 9.92. The van der Waals surface area contributed by atoms with Gasteiger partial charge in [0.1, 0.15) is 0 Å². The highest BCUT2D eigenvalue weighted by Gasteiger charge is 2.23. The first-order chi connectivity index (χ1) is 14.1. The molecule has 0 N–H and O–H groups in total. The lowest BCUT2D eigenvalue weighted by Gasteiger charge is -2.27. The molecule has 0 saturated carbocycles. The quantitative estimate of drug-likeness (QED) is 0.349. The monoisotopic (exact) mass is 427 g/mol. The zero-order valence-corrected chi connectivity index (χ0v) is 18.6. The minimum absolute atomic E-state index is 0.0652. The van der Waals surface area contributed by atoms with E-state index in [1.807, 2.05) is 17.6 Å². The van der Waals surface area contributed by atoms with E-state index in [0.717, 1.165) is 31.9 Å². The normalized spacial score (nSPS) is 15.3. The molecule has 1 aliphatic heterocycles. The van der Waals surface area contributed by atoms with E-state index in [0.29, 0.717) is 22.9 Å². The Morgan fingerprint density at radius 2 is 2.07 bits per heavy atom. The van der Waals surface area contributed by atoms with Crippen molar-refractivity contribution in [1.82, 2.24) is 19.1 Å². The molecule has 0 bridgehead atoms. The van der Waals surface area contributed by atoms with E-state index in [-0.39, 0.29) is 10.8 Å². The number of fused-ring (bicyclic) bond motifs is 1. The molecule has 1 atom stereocenters. The van der Waals surface area contributed by atoms with E-state index in [1.54, 1.807) is 34.7 Å². The highest BCUT2D eigenvalue weighted by atomic mass is 32.2. The van der Waals surface area contributed by atoms with Crippen LogP contribution in [0.5, 0.6) is 0 Å². The van der Waals surface area contributed by atoms with Crippen molar-refractivity contribution in [3.05, 3.63) is 32.7 Å². The van der Waals surface area contributed by atoms with Gasteiger partial charge in [-0.1, -0.05) is 23.7 Å². The van der Waals surface area contributed by atoms with Crippen LogP contribution in [-0.2, 0) is 13.6 Å². The lowest BCUT2D eigenvalue weighted by molar-refractivity contribution is 0.561. The zero-order chi connectivity index (χ0) is 20.4. The third-order valence-electron chi connectivity index (χ3n) is 5.20. The van der Waals surface area contributed by atoms with Crippen LogP contribution in [-0.4, -0.2) is 32.2 Å². The number of imidazole rings is 1. The molecule has 3 aromatic rings. The molecule has 4 heterocycles. The van der Waals surface area contributed by atoms with Crippen molar-refractivity contribution in [3.63, 3.8) is 0 Å². The minimum Gasteiger partial charge on any atom is -0.342 e. The Hall–Kier alpha value is -2.24. The van der Waals surface area contributed by atoms with Crippen LogP contribution in [0.2, 0.25) is 0 Å². The van der Waals surface area contributed by atoms with E-state index < -0.39 is 0 Å². The summed E-state index contributed by atoms with van der Waals surface area (Å²) in [4.78, 5) is 26.4. The standard InChI is InChI=1S/C21H25N5OS2/c1-4-5-13-26-17-18(22-20(26)25-11-7-6-8-12-25)23-21(24(3)19(17)27)29-15(2)16-10-9-14-28-16/h9-10,14-15H,6-8,11-13H2,1-3H3. The Morgan fingerprint density at radius 3 is 2.76 bits per heavy atom. The molecule has 1 aliphatic rings. The van der Waals surface area contributed by atoms with E-state index in [9.17, 15) is 4.79 Å². The average Bonchev–Trinajstić information content (AvgIpc) is 3.39. The van der Waals surface area contributed by atoms with Crippen molar-refractivity contribution in [1.29, 1.82) is 0 Å². The van der Waals surface area contributed by atoms with Gasteiger partial charge in [0.05, 0.1) is 6.54 Å². The van der Waals surface area contributed by atoms with Crippen LogP contribution >= 0.6 is 23.1 Å². The van der Waals surface area contributed by atoms with Crippen LogP contribution < -0.4 is 10.5 Å². The fraction of sp³-hybridized carbons (Fsp3) is 0.476. The van der Waals surface area contributed by atoms with Crippen molar-refractivity contribution in [2.24, 2.45) is 7.05 Å². The number of hydrogen-bond acceptors (Lipinski definition) is 6. The Labute approximate surface area is 179 Å². The van der Waals surface area contributed by atoms with Gasteiger partial charge in [-0.2, -0.15) is 4.98 Å². The summed E-state index contributed by atoms with van der Waals surface area (Å²) in [6.07, 6.45) is 3.54. The number of anilines is 1. The molecule has 0 aromatic carbocycles. The van der Waals surface area contributed by atoms with Crippen LogP contribution in [0.3, 0.4) is 0 Å². The molecule has 0 spiro atoms. The minimum atomic E-state index is -0.0652. The lowest BCUT2D eigenvalue weighted by Crippen LogP contribution is -2.32. The maximum Gasteiger partial charge on any atom is 0.280 e. The maximum absolute atomic E-state index is 13.3. The highest BCUT2D eigenvalue weighted by Crippen LogP contribution is 2.36. The molecule has 1 fully saturated rings. The largest absolute Gasteiger partial charge is 0.342 e. The number of aromatic nitrogens is 4. The molecule has 152 valence electrons. The van der Waals surface area contributed by atoms with E-state index in [4.69, 9.17) is 9.97 Å². The smallest absolute Gasteiger partial charge is 0.280 e. The number of piperidine rings is 1. The second kappa shape index (κ2) is 8.64. The van der Waals surface area contributed by atoms with Crippen molar-refractivity contribution < 1.29 is 0 Å². The van der Waals surface area contributed by atoms with Crippen LogP contribution in [0.4, 0.5) is 5.95 Å². The highest BCUT2D eigenvalue weighted by molar-refractivity contribution is 7.99. The van der Waals surface area contributed by atoms with Gasteiger partial charge in [0.25, 0.3) is 5.56 Å². The summed E-state index contributed by atoms with van der Waals surface area (Å²) < 4.78 is 3.60. The molecule has 4 rings (SSSR count). The second-order valence-corrected chi connectivity index (χ2v) is 9.47. The predicted molar refractivity (Wildman–Crippen MR) is 121 cm³/mol. The Kier molecular flexibility index (Phi) is 5.97. The molecule has 1 saturated heterocycles. The van der Waals surface area contributed by atoms with Gasteiger partial charge in [0.15, 0.2) is 16.3 Å². The number of thiophene rings is 1. The van der Waals surface area contributed by atoms with Crippen molar-refractivity contribution in [2.75, 3.05) is 18.0 Å². The molecule has 0 radical (unpaired) electrons. The lowest BCUT2D eigenvalue weighted by atomic mass is 10.1. The summed E-state index contributed by atoms with van der Waals surface area (Å²) in [6, 6.07) is 4.17. The summed E-state index contributed by atoms with van der Waals surface area (Å²) >= 11 is 3.32. The number of thioether (sulfide) groups is 1. The fourth-order valence-electron chi connectivity index (χ4n) is 3.62. The van der Waals surface area contributed by atoms with Crippen molar-refractivity contribution in [2.45, 2.75) is 50.1 Å². The average molecular weight is 428 g/mol. The Bertz CT molecular complexity index is 1110. The van der Waals surface area contributed by atoms with E-state index in [2.05, 4.69) is 35.1 Å². The van der Waals surface area contributed by atoms with Gasteiger partial charge in [-0.25, -0.2) is 4.98 Å². The van der Waals surface area contributed by atoms with Crippen molar-refractivity contribution in [3.8, 4) is 11.8 Å². The molecular formula is C21H25N5OS2. The summed E-state index contributed by atoms with van der Waals surface area (Å²) in [6.45, 7) is 6.33. The topological polar surface area (TPSA) is 56.0 Å². The summed E-state index contributed by atoms with van der Waals surface area (Å²) in [5, 5.41) is 2.99. The van der Waals surface area contributed by atoms with Crippen LogP contribution in [0.25, 0.3) is 11.2 Å². The Balaban J connectivity index is 1.80. The fourth-order valence-corrected chi connectivity index (χ4v) is 5.48. The molecule has 1 unspecified atom stereocenters. The van der Waals surface area contributed by atoms with Gasteiger partial charge in [-0.15, -0.1) is 17.3 Å². The van der Waals surface area contributed by atoms with Crippen molar-refractivity contribution >= 4 is 40.2 Å². The molecule has 0 amide bonds. The third kappa shape index (κ3) is 3.94. The van der Waals surface area contributed by atoms with Gasteiger partial charge in [-0.05, 0) is 44.6 Å². The van der Waals surface area contributed by atoms with Gasteiger partial charge < -0.3 is 4.90 Å². The molecule has 0 aliphatic carbocycles. The van der Waals surface area contributed by atoms with Gasteiger partial charge in [0.2, 0.25) is 5.95 Å². The van der Waals surface area contributed by atoms with Gasteiger partial charge in [0, 0.05) is 30.3 Å². The van der Waals surface area contributed by atoms with Crippen LogP contribution in [0.1, 0.15) is 43.2 Å². The van der Waals surface area contributed by atoms with Gasteiger partial charge >= 0.3 is 0 Å². The van der Waals surface area contributed by atoms with E-state index in [1.165, 1.54) is 11.3 Å². The number of hydrogen-bond donors (Lipinski definition) is 0. The summed E-state index contributed by atoms with van der Waals surface area (Å²) in [5.74, 6) is 6.86. The summed E-state index contributed by atoms with van der Waals surface area (Å²) in [5.41, 5.74) is 1.00. The molecular weight excluding hydrogens is 402 g/mol. The molecule has 29 heavy (non-hydrogen) atoms. The maximum atomic E-state index is 13.3. The number of rotatable bonds is 5. The number of nitrogens with zero attached hydrogens (tertiary/aromatic N) is 5. The predicted octanol–water partition coefficient (Wildman–Crippen LogP) is 4.06.